The number of nitro benzene ring substituents is 1. The van der Waals surface area contributed by atoms with Crippen LogP contribution < -0.4 is 5.32 Å². The fourth-order valence-electron chi connectivity index (χ4n) is 1.93. The smallest absolute Gasteiger partial charge is 0.274 e. The van der Waals surface area contributed by atoms with E-state index in [1.165, 1.54) is 6.07 Å². The summed E-state index contributed by atoms with van der Waals surface area (Å²) in [4.78, 5) is 10.6. The van der Waals surface area contributed by atoms with Crippen LogP contribution in [-0.4, -0.2) is 10.1 Å². The van der Waals surface area contributed by atoms with E-state index in [2.05, 4.69) is 26.4 Å². The highest BCUT2D eigenvalue weighted by Gasteiger charge is 2.15. The first kappa shape index (κ1) is 14.5. The second kappa shape index (κ2) is 5.62. The average Bonchev–Trinajstić information content (AvgIpc) is 2.68. The van der Waals surface area contributed by atoms with Gasteiger partial charge in [-0.3, -0.25) is 10.1 Å². The third-order valence-corrected chi connectivity index (χ3v) is 3.78. The molecule has 0 spiro atoms. The van der Waals surface area contributed by atoms with E-state index in [-0.39, 0.29) is 10.6 Å². The SMILES string of the molecule is Cc1cc(Br)c(NCc2c(C)noc2C)cc1[N+](=O)[O-]. The van der Waals surface area contributed by atoms with Crippen LogP contribution >= 0.6 is 15.9 Å². The van der Waals surface area contributed by atoms with Crippen molar-refractivity contribution in [2.75, 3.05) is 5.32 Å². The van der Waals surface area contributed by atoms with Crippen molar-refractivity contribution in [2.45, 2.75) is 27.3 Å². The molecule has 0 saturated heterocycles. The first-order chi connectivity index (χ1) is 9.40. The van der Waals surface area contributed by atoms with Crippen molar-refractivity contribution in [2.24, 2.45) is 0 Å². The summed E-state index contributed by atoms with van der Waals surface area (Å²) < 4.78 is 5.87. The van der Waals surface area contributed by atoms with Gasteiger partial charge >= 0.3 is 0 Å². The highest BCUT2D eigenvalue weighted by Crippen LogP contribution is 2.31. The zero-order valence-electron chi connectivity index (χ0n) is 11.4. The Hall–Kier alpha value is -1.89. The Bertz CT molecular complexity index is 648. The molecule has 1 aromatic heterocycles. The molecule has 20 heavy (non-hydrogen) atoms. The number of aryl methyl sites for hydroxylation is 3. The number of anilines is 1. The molecule has 0 aliphatic carbocycles. The maximum Gasteiger partial charge on any atom is 0.274 e. The molecule has 1 heterocycles. The average molecular weight is 340 g/mol. The van der Waals surface area contributed by atoms with Gasteiger partial charge in [0.15, 0.2) is 0 Å². The third kappa shape index (κ3) is 2.82. The minimum absolute atomic E-state index is 0.0921. The minimum Gasteiger partial charge on any atom is -0.380 e. The number of aromatic nitrogens is 1. The topological polar surface area (TPSA) is 81.2 Å². The molecule has 0 atom stereocenters. The Balaban J connectivity index is 2.26. The van der Waals surface area contributed by atoms with Gasteiger partial charge < -0.3 is 9.84 Å². The monoisotopic (exact) mass is 339 g/mol. The Morgan fingerprint density at radius 2 is 2.10 bits per heavy atom. The van der Waals surface area contributed by atoms with E-state index in [9.17, 15) is 10.1 Å². The quantitative estimate of drug-likeness (QED) is 0.675. The number of nitrogens with one attached hydrogen (secondary N) is 1. The largest absolute Gasteiger partial charge is 0.380 e. The molecule has 6 nitrogen and oxygen atoms in total. The van der Waals surface area contributed by atoms with E-state index in [0.717, 1.165) is 21.5 Å². The summed E-state index contributed by atoms with van der Waals surface area (Å²) in [5, 5.41) is 18.0. The number of hydrogen-bond donors (Lipinski definition) is 1. The standard InChI is InChI=1S/C13H14BrN3O3/c1-7-4-11(14)12(5-13(7)17(18)19)15-6-10-8(2)16-20-9(10)3/h4-5,15H,6H2,1-3H3. The molecule has 0 aliphatic rings. The molecule has 0 amide bonds. The lowest BCUT2D eigenvalue weighted by Gasteiger charge is -2.09. The third-order valence-electron chi connectivity index (χ3n) is 3.12. The van der Waals surface area contributed by atoms with Crippen molar-refractivity contribution in [1.82, 2.24) is 5.16 Å². The highest BCUT2D eigenvalue weighted by molar-refractivity contribution is 9.10. The van der Waals surface area contributed by atoms with E-state index in [1.807, 2.05) is 13.8 Å². The number of rotatable bonds is 4. The molecule has 0 fully saturated rings. The van der Waals surface area contributed by atoms with Crippen molar-refractivity contribution in [3.63, 3.8) is 0 Å². The van der Waals surface area contributed by atoms with Gasteiger partial charge in [-0.2, -0.15) is 0 Å². The van der Waals surface area contributed by atoms with E-state index in [4.69, 9.17) is 4.52 Å². The van der Waals surface area contributed by atoms with Crippen molar-refractivity contribution < 1.29 is 9.45 Å². The van der Waals surface area contributed by atoms with Crippen LogP contribution in [0.1, 0.15) is 22.6 Å². The molecule has 0 bridgehead atoms. The summed E-state index contributed by atoms with van der Waals surface area (Å²) in [5.74, 6) is 0.743. The maximum absolute atomic E-state index is 11.0. The lowest BCUT2D eigenvalue weighted by Crippen LogP contribution is -2.03. The normalized spacial score (nSPS) is 10.6. The molecule has 106 valence electrons. The molecule has 1 N–H and O–H groups in total. The van der Waals surface area contributed by atoms with Gasteiger partial charge in [0, 0.05) is 28.2 Å². The molecular formula is C13H14BrN3O3. The van der Waals surface area contributed by atoms with Crippen LogP contribution in [0.15, 0.2) is 21.1 Å². The van der Waals surface area contributed by atoms with Crippen LogP contribution in [0, 0.1) is 30.9 Å². The predicted octanol–water partition coefficient (Wildman–Crippen LogP) is 3.88. The summed E-state index contributed by atoms with van der Waals surface area (Å²) in [6.45, 7) is 5.91. The zero-order chi connectivity index (χ0) is 14.9. The molecule has 0 unspecified atom stereocenters. The van der Waals surface area contributed by atoms with E-state index in [1.54, 1.807) is 13.0 Å². The van der Waals surface area contributed by atoms with Gasteiger partial charge in [-0.05, 0) is 42.8 Å². The van der Waals surface area contributed by atoms with Crippen molar-refractivity contribution in [3.8, 4) is 0 Å². The highest BCUT2D eigenvalue weighted by atomic mass is 79.9. The molecular weight excluding hydrogens is 326 g/mol. The number of nitrogens with zero attached hydrogens (tertiary/aromatic N) is 2. The number of hydrogen-bond acceptors (Lipinski definition) is 5. The van der Waals surface area contributed by atoms with Crippen LogP contribution in [0.25, 0.3) is 0 Å². The van der Waals surface area contributed by atoms with Crippen LogP contribution in [0.4, 0.5) is 11.4 Å². The number of halogens is 1. The second-order valence-corrected chi connectivity index (χ2v) is 5.39. The summed E-state index contributed by atoms with van der Waals surface area (Å²) >= 11 is 3.41. The van der Waals surface area contributed by atoms with Crippen molar-refractivity contribution >= 4 is 27.3 Å². The maximum atomic E-state index is 11.0. The first-order valence-electron chi connectivity index (χ1n) is 6.00. The van der Waals surface area contributed by atoms with Crippen molar-refractivity contribution in [1.29, 1.82) is 0 Å². The van der Waals surface area contributed by atoms with Gasteiger partial charge in [-0.25, -0.2) is 0 Å². The fraction of sp³-hybridized carbons (Fsp3) is 0.308. The zero-order valence-corrected chi connectivity index (χ0v) is 12.9. The second-order valence-electron chi connectivity index (χ2n) is 4.53. The minimum atomic E-state index is -0.386. The number of benzene rings is 1. The summed E-state index contributed by atoms with van der Waals surface area (Å²) in [6, 6.07) is 3.26. The summed E-state index contributed by atoms with van der Waals surface area (Å²) in [7, 11) is 0. The summed E-state index contributed by atoms with van der Waals surface area (Å²) in [6.07, 6.45) is 0. The Labute approximate surface area is 124 Å². The lowest BCUT2D eigenvalue weighted by atomic mass is 10.1. The fourth-order valence-corrected chi connectivity index (χ4v) is 2.53. The Morgan fingerprint density at radius 3 is 2.65 bits per heavy atom. The van der Waals surface area contributed by atoms with Crippen molar-refractivity contribution in [3.05, 3.63) is 49.3 Å². The lowest BCUT2D eigenvalue weighted by molar-refractivity contribution is -0.385. The molecule has 0 aliphatic heterocycles. The van der Waals surface area contributed by atoms with Crippen LogP contribution in [0.2, 0.25) is 0 Å². The van der Waals surface area contributed by atoms with E-state index < -0.39 is 0 Å². The van der Waals surface area contributed by atoms with Gasteiger partial charge in [0.25, 0.3) is 5.69 Å². The van der Waals surface area contributed by atoms with E-state index >= 15 is 0 Å². The first-order valence-corrected chi connectivity index (χ1v) is 6.79. The molecule has 0 saturated carbocycles. The van der Waals surface area contributed by atoms with Crippen LogP contribution in [0.5, 0.6) is 0 Å². The van der Waals surface area contributed by atoms with Gasteiger partial charge in [0.1, 0.15) is 5.76 Å². The van der Waals surface area contributed by atoms with Crippen LogP contribution in [-0.2, 0) is 6.54 Å². The molecule has 7 heteroatoms. The molecule has 2 rings (SSSR count). The van der Waals surface area contributed by atoms with Gasteiger partial charge in [0.2, 0.25) is 0 Å². The predicted molar refractivity (Wildman–Crippen MR) is 78.8 cm³/mol. The molecule has 1 aromatic carbocycles. The molecule has 0 radical (unpaired) electrons. The Morgan fingerprint density at radius 1 is 1.40 bits per heavy atom. The van der Waals surface area contributed by atoms with Crippen LogP contribution in [0.3, 0.4) is 0 Å². The van der Waals surface area contributed by atoms with Gasteiger partial charge in [-0.15, -0.1) is 0 Å². The number of nitro groups is 1. The summed E-state index contributed by atoms with van der Waals surface area (Å²) in [5.41, 5.74) is 3.15. The van der Waals surface area contributed by atoms with Gasteiger partial charge in [-0.1, -0.05) is 5.16 Å². The Kier molecular flexibility index (Phi) is 4.08. The van der Waals surface area contributed by atoms with Gasteiger partial charge in [0.05, 0.1) is 16.3 Å². The molecule has 2 aromatic rings. The van der Waals surface area contributed by atoms with E-state index in [0.29, 0.717) is 17.8 Å².